The van der Waals surface area contributed by atoms with Gasteiger partial charge in [-0.05, 0) is 168 Å². The molecule has 332 valence electrons. The average molecular weight is 889 g/mol. The SMILES string of the molecule is Cc1cc2c(c(C(C)(C)C)c1)-c1c3c(c4c(c1-c1c(cc(C)cc1C(C)(C)C)C2)-c1c(cc(C)cc1C(C)(C)C)Cc1cc(C)cc(C(C)(C)C)c1-4)-c1c-3ccc(P(O)O)c1P(O)O. The van der Waals surface area contributed by atoms with Crippen LogP contribution in [0.25, 0.3) is 66.8 Å². The maximum atomic E-state index is 11.5. The van der Waals surface area contributed by atoms with Crippen LogP contribution in [-0.2, 0) is 34.5 Å². The second-order valence-corrected chi connectivity index (χ2v) is 25.5. The first-order valence-electron chi connectivity index (χ1n) is 22.9. The van der Waals surface area contributed by atoms with Gasteiger partial charge in [-0.15, -0.1) is 0 Å². The molecule has 0 saturated carbocycles. The summed E-state index contributed by atoms with van der Waals surface area (Å²) < 4.78 is 0. The van der Waals surface area contributed by atoms with Crippen LogP contribution >= 0.6 is 16.8 Å². The Labute approximate surface area is 384 Å². The van der Waals surface area contributed by atoms with Crippen molar-refractivity contribution in [2.45, 2.75) is 145 Å². The molecule has 0 unspecified atom stereocenters. The molecule has 0 spiro atoms. The maximum Gasteiger partial charge on any atom is 0.201 e. The van der Waals surface area contributed by atoms with Crippen molar-refractivity contribution in [2.24, 2.45) is 0 Å². The molecule has 4 nitrogen and oxygen atoms in total. The Balaban J connectivity index is 1.72. The lowest BCUT2D eigenvalue weighted by molar-refractivity contribution is 0.492. The van der Waals surface area contributed by atoms with E-state index in [4.69, 9.17) is 0 Å². The summed E-state index contributed by atoms with van der Waals surface area (Å²) in [5.74, 6) is 0. The summed E-state index contributed by atoms with van der Waals surface area (Å²) in [7, 11) is -5.37. The zero-order chi connectivity index (χ0) is 46.7. The summed E-state index contributed by atoms with van der Waals surface area (Å²) >= 11 is 0. The first-order valence-corrected chi connectivity index (χ1v) is 25.4. The first kappa shape index (κ1) is 45.2. The van der Waals surface area contributed by atoms with Gasteiger partial charge in [-0.3, -0.25) is 0 Å². The minimum absolute atomic E-state index is 0.196. The van der Waals surface area contributed by atoms with Crippen LogP contribution in [0.3, 0.4) is 0 Å². The van der Waals surface area contributed by atoms with E-state index < -0.39 is 16.8 Å². The number of fused-ring (bicyclic) bond motifs is 17. The van der Waals surface area contributed by atoms with Gasteiger partial charge in [-0.1, -0.05) is 160 Å². The monoisotopic (exact) mass is 888 g/mol. The van der Waals surface area contributed by atoms with Gasteiger partial charge in [0.15, 0.2) is 8.38 Å². The highest BCUT2D eigenvalue weighted by molar-refractivity contribution is 7.61. The Morgan fingerprint density at radius 1 is 0.344 bits per heavy atom. The van der Waals surface area contributed by atoms with E-state index in [9.17, 15) is 19.6 Å². The average Bonchev–Trinajstić information content (AvgIpc) is 3.35. The normalized spacial score (nSPS) is 14.1. The van der Waals surface area contributed by atoms with E-state index in [1.54, 1.807) is 6.07 Å². The highest BCUT2D eigenvalue weighted by Gasteiger charge is 2.46. The molecule has 0 heterocycles. The molecule has 6 heteroatoms. The minimum atomic E-state index is -2.73. The quantitative estimate of drug-likeness (QED) is 0.130. The number of rotatable bonds is 2. The van der Waals surface area contributed by atoms with Crippen LogP contribution in [-0.4, -0.2) is 19.6 Å². The Kier molecular flexibility index (Phi) is 10.4. The van der Waals surface area contributed by atoms with Crippen LogP contribution in [0.5, 0.6) is 0 Å². The maximum absolute atomic E-state index is 11.5. The smallest absolute Gasteiger partial charge is 0.201 e. The van der Waals surface area contributed by atoms with Crippen molar-refractivity contribution in [3.63, 3.8) is 0 Å². The van der Waals surface area contributed by atoms with Gasteiger partial charge in [-0.2, -0.15) is 0 Å². The number of hydrogen-bond acceptors (Lipinski definition) is 4. The number of hydrogen-bond donors (Lipinski definition) is 4. The van der Waals surface area contributed by atoms with Crippen molar-refractivity contribution in [1.82, 2.24) is 0 Å². The van der Waals surface area contributed by atoms with Crippen LogP contribution in [0.1, 0.15) is 150 Å². The zero-order valence-electron chi connectivity index (χ0n) is 40.9. The predicted molar refractivity (Wildman–Crippen MR) is 274 cm³/mol. The lowest BCUT2D eigenvalue weighted by Crippen LogP contribution is -2.28. The molecule has 3 aliphatic carbocycles. The van der Waals surface area contributed by atoms with E-state index in [0.29, 0.717) is 0 Å². The molecule has 0 amide bonds. The fourth-order valence-corrected chi connectivity index (χ4v) is 13.3. The van der Waals surface area contributed by atoms with E-state index in [1.165, 1.54) is 106 Å². The summed E-state index contributed by atoms with van der Waals surface area (Å²) in [5.41, 5.74) is 27.8. The second-order valence-electron chi connectivity index (χ2n) is 23.4. The van der Waals surface area contributed by atoms with Crippen molar-refractivity contribution < 1.29 is 19.6 Å². The van der Waals surface area contributed by atoms with Crippen LogP contribution in [0.4, 0.5) is 0 Å². The van der Waals surface area contributed by atoms with Crippen LogP contribution in [0.15, 0.2) is 60.7 Å². The van der Waals surface area contributed by atoms with Gasteiger partial charge in [0.1, 0.15) is 0 Å². The Morgan fingerprint density at radius 2 is 0.625 bits per heavy atom. The summed E-state index contributed by atoms with van der Waals surface area (Å²) in [6, 6.07) is 23.0. The summed E-state index contributed by atoms with van der Waals surface area (Å²) in [6.07, 6.45) is 1.50. The van der Waals surface area contributed by atoms with Crippen molar-refractivity contribution >= 4 is 27.4 Å². The Morgan fingerprint density at radius 3 is 0.891 bits per heavy atom. The molecule has 6 aromatic carbocycles. The molecule has 4 N–H and O–H groups in total. The fraction of sp³-hybridized carbons (Fsp3) is 0.379. The van der Waals surface area contributed by atoms with E-state index >= 15 is 0 Å². The van der Waals surface area contributed by atoms with Crippen molar-refractivity contribution in [3.05, 3.63) is 127 Å². The van der Waals surface area contributed by atoms with Gasteiger partial charge in [0, 0.05) is 16.4 Å². The van der Waals surface area contributed by atoms with Crippen LogP contribution in [0, 0.1) is 27.7 Å². The molecular formula is C58H66O4P2. The standard InChI is InChI=1S/C58H66O4P2/c1-29-19-33-27-34-20-30(2)24-39(56(8,9)10)44(34)50-49(43(33)38(23-29)55(5,6)7)47-37-17-18-42(63(59)60)54(64(61)62)48(37)53(47)52-46-36(22-32(4)26-41(46)58(14,15)16)28-35-21-31(3)25-40(57(11,12)13)45(35)51(50)52/h17-26,59-62H,27-28H2,1-16H3. The summed E-state index contributed by atoms with van der Waals surface area (Å²) in [5, 5.41) is 0.440. The van der Waals surface area contributed by atoms with Crippen LogP contribution < -0.4 is 10.6 Å². The molecule has 3 aliphatic rings. The van der Waals surface area contributed by atoms with E-state index in [1.807, 2.05) is 6.07 Å². The highest BCUT2D eigenvalue weighted by atomic mass is 31.2. The van der Waals surface area contributed by atoms with E-state index in [2.05, 4.69) is 159 Å². The second kappa shape index (κ2) is 14.8. The molecule has 0 fully saturated rings. The van der Waals surface area contributed by atoms with E-state index in [0.717, 1.165) is 40.7 Å². The van der Waals surface area contributed by atoms with Crippen molar-refractivity contribution in [2.75, 3.05) is 0 Å². The van der Waals surface area contributed by atoms with Crippen molar-refractivity contribution in [3.8, 4) is 66.8 Å². The molecule has 0 atom stereocenters. The topological polar surface area (TPSA) is 80.9 Å². The fourth-order valence-electron chi connectivity index (χ4n) is 11.6. The lowest BCUT2D eigenvalue weighted by atomic mass is 9.64. The van der Waals surface area contributed by atoms with Gasteiger partial charge in [0.25, 0.3) is 0 Å². The number of aryl methyl sites for hydroxylation is 4. The van der Waals surface area contributed by atoms with Gasteiger partial charge >= 0.3 is 0 Å². The third-order valence-electron chi connectivity index (χ3n) is 14.0. The predicted octanol–water partition coefficient (Wildman–Crippen LogP) is 14.1. The Bertz CT molecular complexity index is 3010. The number of benzene rings is 6. The molecular weight excluding hydrogens is 823 g/mol. The van der Waals surface area contributed by atoms with Crippen molar-refractivity contribution in [1.29, 1.82) is 0 Å². The molecule has 0 aromatic heterocycles. The molecule has 9 rings (SSSR count). The first-order chi connectivity index (χ1) is 29.6. The van der Waals surface area contributed by atoms with Gasteiger partial charge in [-0.25, -0.2) is 0 Å². The highest BCUT2D eigenvalue weighted by Crippen LogP contribution is 2.67. The van der Waals surface area contributed by atoms with Crippen LogP contribution in [0.2, 0.25) is 0 Å². The Hall–Kier alpha value is -3.98. The molecule has 0 bridgehead atoms. The minimum Gasteiger partial charge on any atom is -0.347 e. The summed E-state index contributed by atoms with van der Waals surface area (Å²) in [6.45, 7) is 36.9. The molecule has 64 heavy (non-hydrogen) atoms. The molecule has 0 aliphatic heterocycles. The van der Waals surface area contributed by atoms with Gasteiger partial charge < -0.3 is 19.6 Å². The lowest BCUT2D eigenvalue weighted by Gasteiger charge is -2.40. The molecule has 6 aromatic rings. The van der Waals surface area contributed by atoms with E-state index in [-0.39, 0.29) is 32.3 Å². The zero-order valence-corrected chi connectivity index (χ0v) is 42.7. The van der Waals surface area contributed by atoms with Gasteiger partial charge in [0.2, 0.25) is 8.38 Å². The third-order valence-corrected chi connectivity index (χ3v) is 15.9. The molecule has 0 radical (unpaired) electrons. The third kappa shape index (κ3) is 6.93. The molecule has 0 saturated heterocycles. The van der Waals surface area contributed by atoms with Gasteiger partial charge in [0.05, 0.1) is 5.30 Å². The summed E-state index contributed by atoms with van der Waals surface area (Å²) in [4.78, 5) is 45.1. The largest absolute Gasteiger partial charge is 0.347 e.